The number of hydrogen-bond donors (Lipinski definition) is 0. The Labute approximate surface area is 107 Å². The van der Waals surface area contributed by atoms with Crippen LogP contribution in [0, 0.1) is 10.1 Å². The van der Waals surface area contributed by atoms with Crippen molar-refractivity contribution in [3.63, 3.8) is 0 Å². The van der Waals surface area contributed by atoms with Crippen molar-refractivity contribution in [1.29, 1.82) is 0 Å². The molecule has 3 rings (SSSR count). The van der Waals surface area contributed by atoms with Gasteiger partial charge in [-0.3, -0.25) is 14.9 Å². The molecule has 1 aromatic carbocycles. The normalized spacial score (nSPS) is 13.3. The van der Waals surface area contributed by atoms with Crippen molar-refractivity contribution in [3.05, 3.63) is 62.9 Å². The van der Waals surface area contributed by atoms with Crippen LogP contribution in [-0.4, -0.2) is 10.7 Å². The molecule has 0 bridgehead atoms. The first-order valence-corrected chi connectivity index (χ1v) is 5.63. The van der Waals surface area contributed by atoms with E-state index in [1.807, 2.05) is 6.07 Å². The molecule has 0 radical (unpaired) electrons. The molecule has 6 heteroatoms. The molecule has 0 aliphatic carbocycles. The van der Waals surface area contributed by atoms with Crippen LogP contribution in [0.5, 0.6) is 0 Å². The van der Waals surface area contributed by atoms with E-state index in [1.54, 1.807) is 12.1 Å². The third kappa shape index (κ3) is 2.02. The monoisotopic (exact) mass is 259 g/mol. The van der Waals surface area contributed by atoms with Gasteiger partial charge in [-0.15, -0.1) is 0 Å². The lowest BCUT2D eigenvalue weighted by Gasteiger charge is -2.00. The maximum atomic E-state index is 12.1. The van der Waals surface area contributed by atoms with Crippen molar-refractivity contribution in [2.45, 2.75) is 13.2 Å². The number of nitro groups is 1. The Kier molecular flexibility index (Phi) is 2.64. The third-order valence-electron chi connectivity index (χ3n) is 2.98. The van der Waals surface area contributed by atoms with E-state index in [4.69, 9.17) is 9.15 Å². The molecule has 2 aromatic rings. The summed E-state index contributed by atoms with van der Waals surface area (Å²) < 4.78 is 10.2. The topological polar surface area (TPSA) is 82.6 Å². The van der Waals surface area contributed by atoms with Gasteiger partial charge in [0.15, 0.2) is 5.76 Å². The van der Waals surface area contributed by atoms with Crippen molar-refractivity contribution in [2.75, 3.05) is 0 Å². The lowest BCUT2D eigenvalue weighted by Crippen LogP contribution is -2.00. The van der Waals surface area contributed by atoms with E-state index >= 15 is 0 Å². The Morgan fingerprint density at radius 2 is 1.95 bits per heavy atom. The fourth-order valence-corrected chi connectivity index (χ4v) is 2.00. The number of carbonyl (C=O) groups excluding carboxylic acids is 1. The van der Waals surface area contributed by atoms with Crippen LogP contribution in [0.3, 0.4) is 0 Å². The summed E-state index contributed by atoms with van der Waals surface area (Å²) in [7, 11) is 0. The van der Waals surface area contributed by atoms with E-state index in [-0.39, 0.29) is 11.5 Å². The number of nitrogens with zero attached hydrogens (tertiary/aromatic N) is 1. The number of benzene rings is 1. The largest absolute Gasteiger partial charge is 0.433 e. The molecule has 96 valence electrons. The van der Waals surface area contributed by atoms with Crippen LogP contribution >= 0.6 is 0 Å². The summed E-state index contributed by atoms with van der Waals surface area (Å²) in [6.45, 7) is 1.03. The standard InChI is InChI=1S/C13H9NO5/c15-13(11-3-4-12(19-11)14(16)17)8-1-2-9-6-18-7-10(9)5-8/h1-5H,6-7H2. The second kappa shape index (κ2) is 4.33. The second-order valence-electron chi connectivity index (χ2n) is 4.20. The molecule has 0 N–H and O–H groups in total. The van der Waals surface area contributed by atoms with Crippen LogP contribution in [0.25, 0.3) is 0 Å². The van der Waals surface area contributed by atoms with Crippen LogP contribution in [0.2, 0.25) is 0 Å². The van der Waals surface area contributed by atoms with Gasteiger partial charge in [0.25, 0.3) is 0 Å². The summed E-state index contributed by atoms with van der Waals surface area (Å²) in [5, 5.41) is 10.5. The van der Waals surface area contributed by atoms with Gasteiger partial charge in [-0.25, -0.2) is 0 Å². The van der Waals surface area contributed by atoms with Crippen molar-refractivity contribution in [3.8, 4) is 0 Å². The molecule has 19 heavy (non-hydrogen) atoms. The number of fused-ring (bicyclic) bond motifs is 1. The van der Waals surface area contributed by atoms with Crippen molar-refractivity contribution < 1.29 is 18.9 Å². The Balaban J connectivity index is 1.92. The lowest BCUT2D eigenvalue weighted by atomic mass is 10.0. The first-order valence-electron chi connectivity index (χ1n) is 5.63. The number of hydrogen-bond acceptors (Lipinski definition) is 5. The van der Waals surface area contributed by atoms with Crippen LogP contribution in [-0.2, 0) is 18.0 Å². The minimum atomic E-state index is -0.673. The molecule has 1 aliphatic rings. The van der Waals surface area contributed by atoms with Crippen molar-refractivity contribution >= 4 is 11.7 Å². The molecule has 0 fully saturated rings. The van der Waals surface area contributed by atoms with Gasteiger partial charge in [0, 0.05) is 5.56 Å². The predicted octanol–water partition coefficient (Wildman–Crippen LogP) is 2.45. The molecule has 0 atom stereocenters. The van der Waals surface area contributed by atoms with E-state index in [9.17, 15) is 14.9 Å². The molecule has 1 aromatic heterocycles. The molecule has 0 saturated carbocycles. The van der Waals surface area contributed by atoms with Gasteiger partial charge in [-0.05, 0) is 23.3 Å². The minimum absolute atomic E-state index is 0.0365. The second-order valence-corrected chi connectivity index (χ2v) is 4.20. The van der Waals surface area contributed by atoms with E-state index in [1.165, 1.54) is 12.1 Å². The van der Waals surface area contributed by atoms with E-state index in [2.05, 4.69) is 0 Å². The highest BCUT2D eigenvalue weighted by molar-refractivity contribution is 6.07. The Bertz CT molecular complexity index is 673. The fraction of sp³-hybridized carbons (Fsp3) is 0.154. The quantitative estimate of drug-likeness (QED) is 0.480. The highest BCUT2D eigenvalue weighted by Gasteiger charge is 2.20. The highest BCUT2D eigenvalue weighted by Crippen LogP contribution is 2.24. The van der Waals surface area contributed by atoms with Gasteiger partial charge in [-0.2, -0.15) is 0 Å². The van der Waals surface area contributed by atoms with Crippen LogP contribution in [0.15, 0.2) is 34.7 Å². The highest BCUT2D eigenvalue weighted by atomic mass is 16.6. The molecule has 0 saturated heterocycles. The molecule has 6 nitrogen and oxygen atoms in total. The fourth-order valence-electron chi connectivity index (χ4n) is 2.00. The number of ketones is 1. The van der Waals surface area contributed by atoms with Crippen LogP contribution in [0.1, 0.15) is 27.2 Å². The molecular weight excluding hydrogens is 250 g/mol. The summed E-state index contributed by atoms with van der Waals surface area (Å²) in [5.74, 6) is -0.846. The smallest absolute Gasteiger partial charge is 0.397 e. The van der Waals surface area contributed by atoms with Gasteiger partial charge in [0.2, 0.25) is 5.78 Å². The number of rotatable bonds is 3. The maximum absolute atomic E-state index is 12.1. The average molecular weight is 259 g/mol. The number of furan rings is 1. The summed E-state index contributed by atoms with van der Waals surface area (Å²) in [6.07, 6.45) is 0. The van der Waals surface area contributed by atoms with Crippen LogP contribution < -0.4 is 0 Å². The third-order valence-corrected chi connectivity index (χ3v) is 2.98. The summed E-state index contributed by atoms with van der Waals surface area (Å²) >= 11 is 0. The van der Waals surface area contributed by atoms with Gasteiger partial charge in [0.05, 0.1) is 19.3 Å². The maximum Gasteiger partial charge on any atom is 0.433 e. The number of carbonyl (C=O) groups is 1. The summed E-state index contributed by atoms with van der Waals surface area (Å²) in [5.41, 5.74) is 2.46. The van der Waals surface area contributed by atoms with E-state index in [0.29, 0.717) is 18.8 Å². The minimum Gasteiger partial charge on any atom is -0.397 e. The van der Waals surface area contributed by atoms with Gasteiger partial charge < -0.3 is 9.15 Å². The van der Waals surface area contributed by atoms with E-state index < -0.39 is 10.8 Å². The molecule has 0 amide bonds. The average Bonchev–Trinajstić information content (AvgIpc) is 3.06. The Morgan fingerprint density at radius 3 is 2.68 bits per heavy atom. The van der Waals surface area contributed by atoms with Gasteiger partial charge in [0.1, 0.15) is 4.92 Å². The predicted molar refractivity (Wildman–Crippen MR) is 63.7 cm³/mol. The summed E-state index contributed by atoms with van der Waals surface area (Å²) in [6, 6.07) is 7.71. The van der Waals surface area contributed by atoms with Gasteiger partial charge in [-0.1, -0.05) is 12.1 Å². The zero-order valence-corrected chi connectivity index (χ0v) is 9.79. The first kappa shape index (κ1) is 11.6. The molecule has 1 aliphatic heterocycles. The van der Waals surface area contributed by atoms with Crippen molar-refractivity contribution in [1.82, 2.24) is 0 Å². The van der Waals surface area contributed by atoms with E-state index in [0.717, 1.165) is 11.1 Å². The molecule has 2 heterocycles. The van der Waals surface area contributed by atoms with Crippen molar-refractivity contribution in [2.24, 2.45) is 0 Å². The zero-order valence-electron chi connectivity index (χ0n) is 9.79. The van der Waals surface area contributed by atoms with Crippen LogP contribution in [0.4, 0.5) is 5.88 Å². The molecule has 0 unspecified atom stereocenters. The Morgan fingerprint density at radius 1 is 1.16 bits per heavy atom. The molecule has 0 spiro atoms. The number of ether oxygens (including phenoxy) is 1. The first-order chi connectivity index (χ1) is 9.15. The SMILES string of the molecule is O=C(c1ccc2c(c1)COC2)c1ccc([N+](=O)[O-])o1. The Hall–Kier alpha value is -2.47. The lowest BCUT2D eigenvalue weighted by molar-refractivity contribution is -0.402. The van der Waals surface area contributed by atoms with Gasteiger partial charge >= 0.3 is 5.88 Å². The zero-order chi connectivity index (χ0) is 13.4. The molecular formula is C13H9NO5. The summed E-state index contributed by atoms with van der Waals surface area (Å²) in [4.78, 5) is 22.0.